The van der Waals surface area contributed by atoms with E-state index in [9.17, 15) is 8.42 Å². The van der Waals surface area contributed by atoms with Gasteiger partial charge in [-0.3, -0.25) is 0 Å². The molecule has 1 saturated heterocycles. The van der Waals surface area contributed by atoms with Crippen LogP contribution in [-0.2, 0) is 21.2 Å². The Bertz CT molecular complexity index is 522. The normalized spacial score (nSPS) is 17.2. The maximum atomic E-state index is 12.1. The van der Waals surface area contributed by atoms with Gasteiger partial charge in [0.2, 0.25) is 10.0 Å². The van der Waals surface area contributed by atoms with Crippen molar-refractivity contribution in [1.29, 1.82) is 0 Å². The van der Waals surface area contributed by atoms with Gasteiger partial charge in [0.15, 0.2) is 0 Å². The van der Waals surface area contributed by atoms with E-state index in [4.69, 9.17) is 4.74 Å². The van der Waals surface area contributed by atoms with E-state index in [0.717, 1.165) is 37.2 Å². The smallest absolute Gasteiger partial charge is 0.250 e. The fourth-order valence-electron chi connectivity index (χ4n) is 2.25. The first-order valence-corrected chi connectivity index (χ1v) is 9.82. The lowest BCUT2D eigenvalue weighted by atomic mass is 10.1. The molecule has 2 heterocycles. The first-order chi connectivity index (χ1) is 10.1. The highest BCUT2D eigenvalue weighted by Crippen LogP contribution is 2.21. The monoisotopic (exact) mass is 332 g/mol. The van der Waals surface area contributed by atoms with Crippen molar-refractivity contribution in [3.63, 3.8) is 0 Å². The summed E-state index contributed by atoms with van der Waals surface area (Å²) in [6.45, 7) is 5.07. The fourth-order valence-corrected chi connectivity index (χ4v) is 4.67. The summed E-state index contributed by atoms with van der Waals surface area (Å²) in [6, 6.07) is 3.55. The van der Waals surface area contributed by atoms with Gasteiger partial charge < -0.3 is 10.1 Å². The maximum Gasteiger partial charge on any atom is 0.250 e. The number of sulfonamides is 1. The summed E-state index contributed by atoms with van der Waals surface area (Å²) >= 11 is 1.34. The van der Waals surface area contributed by atoms with Crippen LogP contribution in [0.1, 0.15) is 31.1 Å². The van der Waals surface area contributed by atoms with Gasteiger partial charge in [0, 0.05) is 18.0 Å². The maximum absolute atomic E-state index is 12.1. The van der Waals surface area contributed by atoms with Gasteiger partial charge in [0.1, 0.15) is 4.21 Å². The lowest BCUT2D eigenvalue weighted by Gasteiger charge is -2.22. The number of thiophene rings is 1. The first kappa shape index (κ1) is 16.9. The van der Waals surface area contributed by atoms with E-state index in [2.05, 4.69) is 10.0 Å². The van der Waals surface area contributed by atoms with Crippen LogP contribution in [0.2, 0.25) is 0 Å². The molecule has 1 aliphatic rings. The van der Waals surface area contributed by atoms with Crippen LogP contribution in [0.4, 0.5) is 0 Å². The molecule has 0 bridgehead atoms. The third kappa shape index (κ3) is 5.34. The molecular weight excluding hydrogens is 308 g/mol. The Morgan fingerprint density at radius 3 is 2.81 bits per heavy atom. The van der Waals surface area contributed by atoms with Crippen molar-refractivity contribution in [3.8, 4) is 0 Å². The molecule has 0 saturated carbocycles. The van der Waals surface area contributed by atoms with E-state index in [-0.39, 0.29) is 0 Å². The van der Waals surface area contributed by atoms with Crippen LogP contribution in [-0.4, -0.2) is 40.8 Å². The molecule has 7 heteroatoms. The van der Waals surface area contributed by atoms with Crippen LogP contribution in [0.25, 0.3) is 0 Å². The predicted molar refractivity (Wildman–Crippen MR) is 85.3 cm³/mol. The largest absolute Gasteiger partial charge is 0.378 e. The summed E-state index contributed by atoms with van der Waals surface area (Å²) in [4.78, 5) is 1.09. The van der Waals surface area contributed by atoms with E-state index < -0.39 is 10.0 Å². The van der Waals surface area contributed by atoms with Crippen LogP contribution in [0.5, 0.6) is 0 Å². The zero-order valence-corrected chi connectivity index (χ0v) is 14.1. The zero-order chi connectivity index (χ0) is 15.1. The Balaban J connectivity index is 1.67. The molecule has 0 amide bonds. The van der Waals surface area contributed by atoms with Crippen LogP contribution >= 0.6 is 11.3 Å². The van der Waals surface area contributed by atoms with E-state index in [1.807, 2.05) is 13.0 Å². The highest BCUT2D eigenvalue weighted by Gasteiger charge is 2.16. The second-order valence-electron chi connectivity index (χ2n) is 5.15. The van der Waals surface area contributed by atoms with E-state index in [1.165, 1.54) is 11.3 Å². The van der Waals surface area contributed by atoms with Crippen molar-refractivity contribution >= 4 is 21.4 Å². The van der Waals surface area contributed by atoms with Gasteiger partial charge in [-0.05, 0) is 50.9 Å². The number of aryl methyl sites for hydroxylation is 1. The van der Waals surface area contributed by atoms with E-state index in [0.29, 0.717) is 29.9 Å². The van der Waals surface area contributed by atoms with Crippen LogP contribution < -0.4 is 10.0 Å². The summed E-state index contributed by atoms with van der Waals surface area (Å²) in [5, 5.41) is 3.29. The molecule has 1 aromatic rings. The standard InChI is InChI=1S/C14H24N2O3S2/c1-2-13-4-5-14(20-13)21(17,18)16-8-3-11-19-12-6-9-15-10-7-12/h4-5,12,15-16H,2-3,6-11H2,1H3. The van der Waals surface area contributed by atoms with Crippen molar-refractivity contribution in [2.24, 2.45) is 0 Å². The molecule has 0 aromatic carbocycles. The highest BCUT2D eigenvalue weighted by atomic mass is 32.2. The van der Waals surface area contributed by atoms with E-state index >= 15 is 0 Å². The Morgan fingerprint density at radius 2 is 2.14 bits per heavy atom. The van der Waals surface area contributed by atoms with Crippen LogP contribution in [0, 0.1) is 0 Å². The SMILES string of the molecule is CCc1ccc(S(=O)(=O)NCCCOC2CCNCC2)s1. The molecule has 1 aliphatic heterocycles. The van der Waals surface area contributed by atoms with Gasteiger partial charge in [-0.15, -0.1) is 11.3 Å². The molecule has 0 radical (unpaired) electrons. The van der Waals surface area contributed by atoms with Crippen molar-refractivity contribution in [2.75, 3.05) is 26.2 Å². The molecule has 0 atom stereocenters. The van der Waals surface area contributed by atoms with Crippen molar-refractivity contribution < 1.29 is 13.2 Å². The average Bonchev–Trinajstić information content (AvgIpc) is 2.98. The molecule has 0 spiro atoms. The minimum atomic E-state index is -3.35. The lowest BCUT2D eigenvalue weighted by molar-refractivity contribution is 0.0322. The van der Waals surface area contributed by atoms with Crippen LogP contribution in [0.3, 0.4) is 0 Å². The van der Waals surface area contributed by atoms with Gasteiger partial charge in [0.25, 0.3) is 0 Å². The van der Waals surface area contributed by atoms with Crippen molar-refractivity contribution in [1.82, 2.24) is 10.0 Å². The Hall–Kier alpha value is -0.470. The van der Waals surface area contributed by atoms with Crippen molar-refractivity contribution in [2.45, 2.75) is 42.9 Å². The zero-order valence-electron chi connectivity index (χ0n) is 12.4. The lowest BCUT2D eigenvalue weighted by Crippen LogP contribution is -2.33. The predicted octanol–water partition coefficient (Wildman–Crippen LogP) is 1.75. The van der Waals surface area contributed by atoms with Gasteiger partial charge >= 0.3 is 0 Å². The number of piperidine rings is 1. The van der Waals surface area contributed by atoms with E-state index in [1.54, 1.807) is 6.07 Å². The minimum Gasteiger partial charge on any atom is -0.378 e. The molecule has 0 unspecified atom stereocenters. The summed E-state index contributed by atoms with van der Waals surface area (Å²) < 4.78 is 32.9. The quantitative estimate of drug-likeness (QED) is 0.712. The molecular formula is C14H24N2O3S2. The summed E-state index contributed by atoms with van der Waals surface area (Å²) in [6.07, 6.45) is 3.98. The fraction of sp³-hybridized carbons (Fsp3) is 0.714. The Morgan fingerprint density at radius 1 is 1.38 bits per heavy atom. The van der Waals surface area contributed by atoms with Gasteiger partial charge in [-0.1, -0.05) is 6.92 Å². The van der Waals surface area contributed by atoms with Crippen molar-refractivity contribution in [3.05, 3.63) is 17.0 Å². The molecule has 1 fully saturated rings. The summed E-state index contributed by atoms with van der Waals surface area (Å²) in [5.74, 6) is 0. The number of ether oxygens (including phenoxy) is 1. The summed E-state index contributed by atoms with van der Waals surface area (Å²) in [7, 11) is -3.35. The minimum absolute atomic E-state index is 0.326. The molecule has 120 valence electrons. The van der Waals surface area contributed by atoms with Gasteiger partial charge in [0.05, 0.1) is 6.10 Å². The third-order valence-electron chi connectivity index (χ3n) is 3.50. The van der Waals surface area contributed by atoms with Crippen LogP contribution in [0.15, 0.2) is 16.3 Å². The summed E-state index contributed by atoms with van der Waals surface area (Å²) in [5.41, 5.74) is 0. The Kier molecular flexibility index (Phi) is 6.63. The number of hydrogen-bond donors (Lipinski definition) is 2. The number of rotatable bonds is 8. The highest BCUT2D eigenvalue weighted by molar-refractivity contribution is 7.91. The Labute approximate surface area is 131 Å². The molecule has 0 aliphatic carbocycles. The third-order valence-corrected chi connectivity index (χ3v) is 6.69. The first-order valence-electron chi connectivity index (χ1n) is 7.52. The number of hydrogen-bond acceptors (Lipinski definition) is 5. The average molecular weight is 332 g/mol. The molecule has 2 rings (SSSR count). The second kappa shape index (κ2) is 8.24. The topological polar surface area (TPSA) is 67.4 Å². The van der Waals surface area contributed by atoms with Gasteiger partial charge in [-0.25, -0.2) is 13.1 Å². The number of nitrogens with one attached hydrogen (secondary N) is 2. The molecule has 2 N–H and O–H groups in total. The second-order valence-corrected chi connectivity index (χ2v) is 8.31. The molecule has 1 aromatic heterocycles. The molecule has 5 nitrogen and oxygen atoms in total. The molecule has 21 heavy (non-hydrogen) atoms. The van der Waals surface area contributed by atoms with Gasteiger partial charge in [-0.2, -0.15) is 0 Å².